The zero-order valence-corrected chi connectivity index (χ0v) is 11.4. The van der Waals surface area contributed by atoms with Gasteiger partial charge in [0.2, 0.25) is 0 Å². The van der Waals surface area contributed by atoms with Crippen molar-refractivity contribution >= 4 is 33.2 Å². The molecule has 4 nitrogen and oxygen atoms in total. The van der Waals surface area contributed by atoms with E-state index in [1.165, 1.54) is 6.20 Å². The lowest BCUT2D eigenvalue weighted by atomic mass is 10.1. The second kappa shape index (κ2) is 5.37. The van der Waals surface area contributed by atoms with Crippen molar-refractivity contribution in [3.63, 3.8) is 0 Å². The van der Waals surface area contributed by atoms with Gasteiger partial charge in [0.1, 0.15) is 10.6 Å². The zero-order valence-electron chi connectivity index (χ0n) is 9.01. The highest BCUT2D eigenvalue weighted by atomic mass is 79.9. The van der Waals surface area contributed by atoms with Crippen molar-refractivity contribution in [1.29, 1.82) is 0 Å². The Morgan fingerprint density at radius 2 is 2.35 bits per heavy atom. The van der Waals surface area contributed by atoms with Crippen LogP contribution in [0.15, 0.2) is 28.9 Å². The number of methoxy groups -OCH3 is 1. The molecule has 0 fully saturated rings. The SMILES string of the molecule is COc1ccc(Br)cc1CC(=O)c1cnns1. The number of ether oxygens (including phenoxy) is 1. The number of nitrogens with zero attached hydrogens (tertiary/aromatic N) is 2. The van der Waals surface area contributed by atoms with E-state index in [1.54, 1.807) is 7.11 Å². The molecule has 0 saturated carbocycles. The predicted octanol–water partition coefficient (Wildman–Crippen LogP) is 2.73. The Morgan fingerprint density at radius 3 is 3.00 bits per heavy atom. The van der Waals surface area contributed by atoms with Gasteiger partial charge in [0.15, 0.2) is 5.78 Å². The third-order valence-electron chi connectivity index (χ3n) is 2.23. The quantitative estimate of drug-likeness (QED) is 0.815. The van der Waals surface area contributed by atoms with Gasteiger partial charge in [-0.3, -0.25) is 4.79 Å². The fourth-order valence-electron chi connectivity index (χ4n) is 1.44. The van der Waals surface area contributed by atoms with E-state index in [0.29, 0.717) is 10.6 Å². The van der Waals surface area contributed by atoms with Gasteiger partial charge >= 0.3 is 0 Å². The van der Waals surface area contributed by atoms with Crippen LogP contribution in [-0.4, -0.2) is 22.5 Å². The molecule has 0 amide bonds. The molecule has 1 aromatic heterocycles. The van der Waals surface area contributed by atoms with Crippen LogP contribution in [0.25, 0.3) is 0 Å². The van der Waals surface area contributed by atoms with Crippen molar-refractivity contribution < 1.29 is 9.53 Å². The maximum absolute atomic E-state index is 11.9. The molecule has 0 aliphatic carbocycles. The van der Waals surface area contributed by atoms with Crippen molar-refractivity contribution in [3.05, 3.63) is 39.3 Å². The van der Waals surface area contributed by atoms with Crippen LogP contribution in [0.3, 0.4) is 0 Å². The van der Waals surface area contributed by atoms with Crippen LogP contribution in [0, 0.1) is 0 Å². The van der Waals surface area contributed by atoms with E-state index < -0.39 is 0 Å². The van der Waals surface area contributed by atoms with E-state index in [-0.39, 0.29) is 12.2 Å². The lowest BCUT2D eigenvalue weighted by Gasteiger charge is -2.07. The molecule has 88 valence electrons. The van der Waals surface area contributed by atoms with Gasteiger partial charge in [0.05, 0.1) is 13.3 Å². The van der Waals surface area contributed by atoms with Crippen LogP contribution in [-0.2, 0) is 6.42 Å². The van der Waals surface area contributed by atoms with E-state index in [9.17, 15) is 4.79 Å². The van der Waals surface area contributed by atoms with Gasteiger partial charge in [0, 0.05) is 16.5 Å². The van der Waals surface area contributed by atoms with Gasteiger partial charge in [-0.25, -0.2) is 0 Å². The molecule has 0 radical (unpaired) electrons. The third-order valence-corrected chi connectivity index (χ3v) is 3.43. The average molecular weight is 313 g/mol. The Labute approximate surface area is 111 Å². The van der Waals surface area contributed by atoms with Crippen LogP contribution in [0.1, 0.15) is 15.2 Å². The monoisotopic (exact) mass is 312 g/mol. The number of hydrogen-bond donors (Lipinski definition) is 0. The number of ketones is 1. The Hall–Kier alpha value is -1.27. The van der Waals surface area contributed by atoms with Gasteiger partial charge in [0.25, 0.3) is 0 Å². The Balaban J connectivity index is 2.23. The molecule has 0 spiro atoms. The molecule has 0 saturated heterocycles. The Bertz CT molecular complexity index is 528. The van der Waals surface area contributed by atoms with E-state index in [4.69, 9.17) is 4.74 Å². The Kier molecular flexibility index (Phi) is 3.86. The van der Waals surface area contributed by atoms with Crippen LogP contribution in [0.2, 0.25) is 0 Å². The zero-order chi connectivity index (χ0) is 12.3. The van der Waals surface area contributed by atoms with Crippen molar-refractivity contribution in [3.8, 4) is 5.75 Å². The number of benzene rings is 1. The minimum atomic E-state index is -0.00333. The van der Waals surface area contributed by atoms with Crippen molar-refractivity contribution in [2.45, 2.75) is 6.42 Å². The number of hydrogen-bond acceptors (Lipinski definition) is 5. The highest BCUT2D eigenvalue weighted by Crippen LogP contribution is 2.24. The van der Waals surface area contributed by atoms with Crippen molar-refractivity contribution in [2.75, 3.05) is 7.11 Å². The number of carbonyl (C=O) groups excluding carboxylic acids is 1. The number of halogens is 1. The first-order valence-electron chi connectivity index (χ1n) is 4.83. The first-order chi connectivity index (χ1) is 8.20. The molecular weight excluding hydrogens is 304 g/mol. The fourth-order valence-corrected chi connectivity index (χ4v) is 2.29. The average Bonchev–Trinajstić information content (AvgIpc) is 2.83. The molecule has 1 heterocycles. The summed E-state index contributed by atoms with van der Waals surface area (Å²) in [6, 6.07) is 5.59. The summed E-state index contributed by atoms with van der Waals surface area (Å²) in [4.78, 5) is 12.5. The third kappa shape index (κ3) is 2.89. The maximum Gasteiger partial charge on any atom is 0.180 e. The van der Waals surface area contributed by atoms with E-state index >= 15 is 0 Å². The minimum absolute atomic E-state index is 0.00333. The van der Waals surface area contributed by atoms with E-state index in [2.05, 4.69) is 25.5 Å². The van der Waals surface area contributed by atoms with Crippen molar-refractivity contribution in [1.82, 2.24) is 9.59 Å². The molecule has 1 aromatic carbocycles. The topological polar surface area (TPSA) is 52.1 Å². The standard InChI is InChI=1S/C11H9BrN2O2S/c1-16-10-3-2-8(12)4-7(10)5-9(15)11-6-13-14-17-11/h2-4,6H,5H2,1H3. The van der Waals surface area contributed by atoms with E-state index in [1.807, 2.05) is 18.2 Å². The smallest absolute Gasteiger partial charge is 0.180 e. The molecule has 0 aliphatic heterocycles. The highest BCUT2D eigenvalue weighted by molar-refractivity contribution is 9.10. The number of aromatic nitrogens is 2. The molecular formula is C11H9BrN2O2S. The molecule has 0 unspecified atom stereocenters. The molecule has 0 bridgehead atoms. The molecule has 6 heteroatoms. The van der Waals surface area contributed by atoms with Gasteiger partial charge in [-0.2, -0.15) is 0 Å². The normalized spacial score (nSPS) is 10.2. The van der Waals surface area contributed by atoms with Crippen LogP contribution in [0.4, 0.5) is 0 Å². The first-order valence-corrected chi connectivity index (χ1v) is 6.40. The van der Waals surface area contributed by atoms with Gasteiger partial charge in [-0.05, 0) is 29.7 Å². The number of carbonyl (C=O) groups is 1. The second-order valence-corrected chi connectivity index (χ2v) is 5.04. The van der Waals surface area contributed by atoms with Gasteiger partial charge < -0.3 is 4.74 Å². The molecule has 0 aliphatic rings. The molecule has 2 rings (SSSR count). The molecule has 17 heavy (non-hydrogen) atoms. The Morgan fingerprint density at radius 1 is 1.53 bits per heavy atom. The largest absolute Gasteiger partial charge is 0.496 e. The second-order valence-electron chi connectivity index (χ2n) is 3.34. The fraction of sp³-hybridized carbons (Fsp3) is 0.182. The number of Topliss-reactive ketones (excluding diaryl/α,β-unsaturated/α-hetero) is 1. The lowest BCUT2D eigenvalue weighted by molar-refractivity contribution is 0.0995. The summed E-state index contributed by atoms with van der Waals surface area (Å²) in [6.45, 7) is 0. The van der Waals surface area contributed by atoms with Gasteiger partial charge in [-0.15, -0.1) is 5.10 Å². The summed E-state index contributed by atoms with van der Waals surface area (Å²) >= 11 is 4.48. The maximum atomic E-state index is 11.9. The summed E-state index contributed by atoms with van der Waals surface area (Å²) in [5.41, 5.74) is 0.847. The minimum Gasteiger partial charge on any atom is -0.496 e. The van der Waals surface area contributed by atoms with Crippen molar-refractivity contribution in [2.24, 2.45) is 0 Å². The summed E-state index contributed by atoms with van der Waals surface area (Å²) in [5.74, 6) is 0.704. The molecule has 2 aromatic rings. The summed E-state index contributed by atoms with van der Waals surface area (Å²) in [5, 5.41) is 3.65. The summed E-state index contributed by atoms with van der Waals surface area (Å²) < 4.78 is 9.81. The molecule has 0 N–H and O–H groups in total. The molecule has 0 atom stereocenters. The number of rotatable bonds is 4. The van der Waals surface area contributed by atoms with Crippen LogP contribution >= 0.6 is 27.5 Å². The van der Waals surface area contributed by atoms with E-state index in [0.717, 1.165) is 21.6 Å². The highest BCUT2D eigenvalue weighted by Gasteiger charge is 2.13. The summed E-state index contributed by atoms with van der Waals surface area (Å²) in [7, 11) is 1.59. The van der Waals surface area contributed by atoms with Crippen LogP contribution < -0.4 is 4.74 Å². The first kappa shape index (κ1) is 12.2. The van der Waals surface area contributed by atoms with Gasteiger partial charge in [-0.1, -0.05) is 20.4 Å². The predicted molar refractivity (Wildman–Crippen MR) is 68.6 cm³/mol. The summed E-state index contributed by atoms with van der Waals surface area (Å²) in [6.07, 6.45) is 1.77. The lowest BCUT2D eigenvalue weighted by Crippen LogP contribution is -2.03. The van der Waals surface area contributed by atoms with Crippen LogP contribution in [0.5, 0.6) is 5.75 Å².